The van der Waals surface area contributed by atoms with Crippen molar-refractivity contribution in [1.82, 2.24) is 5.32 Å². The first-order valence-electron chi connectivity index (χ1n) is 15.8. The number of carbonyl (C=O) groups excluding carboxylic acids is 2. The largest absolute Gasteiger partial charge is 0.493 e. The molecule has 50 heavy (non-hydrogen) atoms. The fourth-order valence-electron chi connectivity index (χ4n) is 5.58. The Morgan fingerprint density at radius 1 is 0.940 bits per heavy atom. The van der Waals surface area contributed by atoms with E-state index in [2.05, 4.69) is 10.3 Å². The van der Waals surface area contributed by atoms with Gasteiger partial charge in [-0.1, -0.05) is 24.3 Å². The summed E-state index contributed by atoms with van der Waals surface area (Å²) in [5.74, 6) is -1.56. The lowest BCUT2D eigenvalue weighted by molar-refractivity contribution is -0.385. The van der Waals surface area contributed by atoms with Gasteiger partial charge in [-0.15, -0.1) is 0 Å². The quantitative estimate of drug-likeness (QED) is 0.0885. The third kappa shape index (κ3) is 9.36. The van der Waals surface area contributed by atoms with Crippen molar-refractivity contribution in [3.05, 3.63) is 99.2 Å². The van der Waals surface area contributed by atoms with Gasteiger partial charge in [0, 0.05) is 48.1 Å². The number of nitro groups is 1. The summed E-state index contributed by atoms with van der Waals surface area (Å²) in [6, 6.07) is 18.4. The average molecular weight is 692 g/mol. The summed E-state index contributed by atoms with van der Waals surface area (Å²) < 4.78 is 33.1. The molecule has 0 radical (unpaired) electrons. The van der Waals surface area contributed by atoms with Crippen LogP contribution in [0.3, 0.4) is 0 Å². The van der Waals surface area contributed by atoms with E-state index in [-0.39, 0.29) is 35.8 Å². The van der Waals surface area contributed by atoms with Crippen LogP contribution in [0.4, 0.5) is 5.69 Å². The van der Waals surface area contributed by atoms with Crippen LogP contribution < -0.4 is 24.3 Å². The van der Waals surface area contributed by atoms with Gasteiger partial charge in [0.05, 0.1) is 31.8 Å². The number of aliphatic hydroxyl groups excluding tert-OH is 1. The molecule has 1 aliphatic rings. The van der Waals surface area contributed by atoms with E-state index in [1.807, 2.05) is 18.2 Å². The van der Waals surface area contributed by atoms with Gasteiger partial charge in [-0.2, -0.15) is 0 Å². The third-order valence-electron chi connectivity index (χ3n) is 7.95. The van der Waals surface area contributed by atoms with E-state index in [0.29, 0.717) is 48.4 Å². The van der Waals surface area contributed by atoms with Crippen molar-refractivity contribution in [1.29, 1.82) is 0 Å². The molecule has 0 saturated carbocycles. The molecule has 0 amide bonds. The molecule has 14 nitrogen and oxygen atoms in total. The zero-order chi connectivity index (χ0) is 36.2. The second-order valence-electron chi connectivity index (χ2n) is 11.3. The molecule has 1 aliphatic heterocycles. The number of nitrogens with one attached hydrogen (secondary N) is 1. The number of methoxy groups -OCH3 is 3. The number of nitro benzene ring substituents is 1. The summed E-state index contributed by atoms with van der Waals surface area (Å²) in [7, 11) is 3.98. The zero-order valence-corrected chi connectivity index (χ0v) is 28.5. The molecule has 1 heterocycles. The third-order valence-corrected chi connectivity index (χ3v) is 7.95. The number of rotatable bonds is 17. The van der Waals surface area contributed by atoms with E-state index in [1.54, 1.807) is 51.3 Å². The van der Waals surface area contributed by atoms with Crippen molar-refractivity contribution in [2.24, 2.45) is 10.9 Å². The second-order valence-corrected chi connectivity index (χ2v) is 11.3. The van der Waals surface area contributed by atoms with E-state index >= 15 is 0 Å². The minimum Gasteiger partial charge on any atom is -0.493 e. The van der Waals surface area contributed by atoms with Gasteiger partial charge in [0.25, 0.3) is 5.69 Å². The topological polar surface area (TPSA) is 177 Å². The number of benzene rings is 3. The molecular weight excluding hydrogens is 650 g/mol. The van der Waals surface area contributed by atoms with Crippen LogP contribution >= 0.6 is 0 Å². The molecule has 3 aromatic rings. The molecular formula is C36H41N3O11. The molecule has 0 fully saturated rings. The van der Waals surface area contributed by atoms with Crippen LogP contribution in [-0.4, -0.2) is 81.4 Å². The van der Waals surface area contributed by atoms with Gasteiger partial charge in [-0.3, -0.25) is 19.9 Å². The number of aliphatic imine (C=N–C) groups is 1. The highest BCUT2D eigenvalue weighted by Crippen LogP contribution is 2.44. The van der Waals surface area contributed by atoms with Crippen LogP contribution in [0.5, 0.6) is 23.0 Å². The monoisotopic (exact) mass is 691 g/mol. The van der Waals surface area contributed by atoms with Crippen molar-refractivity contribution in [2.75, 3.05) is 47.6 Å². The molecule has 3 unspecified atom stereocenters. The summed E-state index contributed by atoms with van der Waals surface area (Å²) in [5.41, 5.74) is 1.47. The van der Waals surface area contributed by atoms with Crippen molar-refractivity contribution in [3.63, 3.8) is 0 Å². The molecule has 0 spiro atoms. The van der Waals surface area contributed by atoms with Gasteiger partial charge >= 0.3 is 11.9 Å². The van der Waals surface area contributed by atoms with Gasteiger partial charge in [-0.25, -0.2) is 4.79 Å². The van der Waals surface area contributed by atoms with Gasteiger partial charge in [0.15, 0.2) is 11.5 Å². The predicted molar refractivity (Wildman–Crippen MR) is 183 cm³/mol. The van der Waals surface area contributed by atoms with Crippen LogP contribution in [-0.2, 0) is 25.7 Å². The number of ether oxygens (including phenoxy) is 6. The summed E-state index contributed by atoms with van der Waals surface area (Å²) in [4.78, 5) is 41.7. The number of carbonyl (C=O) groups is 2. The van der Waals surface area contributed by atoms with Crippen LogP contribution in [0.15, 0.2) is 83.0 Å². The average Bonchev–Trinajstić information content (AvgIpc) is 3.12. The van der Waals surface area contributed by atoms with E-state index in [1.165, 1.54) is 32.4 Å². The number of esters is 2. The highest BCUT2D eigenvalue weighted by molar-refractivity contribution is 6.07. The molecule has 2 N–H and O–H groups in total. The van der Waals surface area contributed by atoms with Crippen molar-refractivity contribution in [3.8, 4) is 23.0 Å². The minimum absolute atomic E-state index is 0.0393. The maximum Gasteiger partial charge on any atom is 0.336 e. The molecule has 3 aromatic carbocycles. The first-order chi connectivity index (χ1) is 24.1. The number of nitrogens with zero attached hydrogens (tertiary/aromatic N) is 2. The summed E-state index contributed by atoms with van der Waals surface area (Å²) in [5, 5.41) is 25.2. The molecule has 0 aliphatic carbocycles. The second kappa shape index (κ2) is 17.8. The number of hydrogen-bond acceptors (Lipinski definition) is 13. The normalized spacial score (nSPS) is 16.2. The smallest absolute Gasteiger partial charge is 0.336 e. The lowest BCUT2D eigenvalue weighted by Crippen LogP contribution is -2.36. The van der Waals surface area contributed by atoms with Crippen molar-refractivity contribution >= 4 is 23.3 Å². The summed E-state index contributed by atoms with van der Waals surface area (Å²) >= 11 is 0. The van der Waals surface area contributed by atoms with Crippen LogP contribution in [0.25, 0.3) is 0 Å². The fraction of sp³-hybridized carbons (Fsp3) is 0.361. The van der Waals surface area contributed by atoms with Gasteiger partial charge in [0.2, 0.25) is 0 Å². The highest BCUT2D eigenvalue weighted by Gasteiger charge is 2.44. The Bertz CT molecular complexity index is 1740. The number of aliphatic hydroxyl groups is 1. The lowest BCUT2D eigenvalue weighted by atomic mass is 9.75. The fourth-order valence-corrected chi connectivity index (χ4v) is 5.58. The molecule has 0 bridgehead atoms. The highest BCUT2D eigenvalue weighted by atomic mass is 16.6. The van der Waals surface area contributed by atoms with Gasteiger partial charge < -0.3 is 38.8 Å². The Hall–Kier alpha value is -5.47. The first kappa shape index (κ1) is 37.4. The zero-order valence-electron chi connectivity index (χ0n) is 28.5. The molecule has 266 valence electrons. The Morgan fingerprint density at radius 2 is 1.70 bits per heavy atom. The molecule has 4 rings (SSSR count). The minimum atomic E-state index is -1.06. The van der Waals surface area contributed by atoms with E-state index in [9.17, 15) is 24.8 Å². The standard InChI is InChI=1S/C36H41N3O11/c1-22-32(35(41)46-4)34(33(23(2)38-22)36(42)47-5)28-18-25(39(43)44)13-14-29(28)49-20-24-9-8-10-27(17-24)48-16-15-37-19-26(40)21-50-31-12-7-6-11-30(31)45-3/h6-14,17-18,26,32,34,37,40H,15-16,19-21H2,1-5H3. The van der Waals surface area contributed by atoms with Crippen LogP contribution in [0, 0.1) is 16.0 Å². The summed E-state index contributed by atoms with van der Waals surface area (Å²) in [6.07, 6.45) is -0.750. The number of para-hydroxylation sites is 2. The van der Waals surface area contributed by atoms with Gasteiger partial charge in [-0.05, 0) is 49.7 Å². The SMILES string of the molecule is COC(=O)C1=C(C)N=C(C)C(C(=O)OC)C1c1cc([N+](=O)[O-])ccc1OCc1cccc(OCCNCC(O)COc2ccccc2OC)c1. The summed E-state index contributed by atoms with van der Waals surface area (Å²) in [6.45, 7) is 4.43. The first-order valence-corrected chi connectivity index (χ1v) is 15.8. The van der Waals surface area contributed by atoms with E-state index < -0.39 is 34.8 Å². The number of allylic oxidation sites excluding steroid dienone is 1. The number of hydrogen-bond donors (Lipinski definition) is 2. The van der Waals surface area contributed by atoms with Gasteiger partial charge in [0.1, 0.15) is 43.3 Å². The Morgan fingerprint density at radius 3 is 2.40 bits per heavy atom. The molecule has 14 heteroatoms. The van der Waals surface area contributed by atoms with Crippen LogP contribution in [0.1, 0.15) is 30.9 Å². The maximum absolute atomic E-state index is 13.0. The van der Waals surface area contributed by atoms with Crippen LogP contribution in [0.2, 0.25) is 0 Å². The lowest BCUT2D eigenvalue weighted by Gasteiger charge is -2.31. The maximum atomic E-state index is 13.0. The number of non-ortho nitro benzene ring substituents is 1. The molecule has 0 aromatic heterocycles. The Balaban J connectivity index is 1.42. The predicted octanol–water partition coefficient (Wildman–Crippen LogP) is 4.39. The van der Waals surface area contributed by atoms with E-state index in [4.69, 9.17) is 28.4 Å². The Kier molecular flexibility index (Phi) is 13.3. The molecule has 0 saturated heterocycles. The van der Waals surface area contributed by atoms with Crippen molar-refractivity contribution < 1.29 is 48.0 Å². The molecule has 3 atom stereocenters. The van der Waals surface area contributed by atoms with Crippen molar-refractivity contribution in [2.45, 2.75) is 32.5 Å². The Labute approximate surface area is 289 Å². The van der Waals surface area contributed by atoms with E-state index in [0.717, 1.165) is 5.56 Å².